The van der Waals surface area contributed by atoms with Gasteiger partial charge in [0.25, 0.3) is 5.91 Å². The molecule has 0 spiro atoms. The third kappa shape index (κ3) is 5.54. The number of para-hydroxylation sites is 1. The standard InChI is InChI=1S/C26H19BrN4O3/c27-19-12-14-20(15-13-19)29-24(32)22-10-3-4-11-23(22)30-25(33)26(34)31-28-16-18-8-5-7-17-6-1-2-9-21(17)18/h1-16H,(H,29,32)(H,30,33)(H,31,34). The van der Waals surface area contributed by atoms with Gasteiger partial charge in [-0.15, -0.1) is 0 Å². The number of halogens is 1. The van der Waals surface area contributed by atoms with E-state index in [1.165, 1.54) is 6.21 Å². The van der Waals surface area contributed by atoms with Crippen LogP contribution in [0, 0.1) is 0 Å². The Bertz CT molecular complexity index is 1400. The van der Waals surface area contributed by atoms with Crippen molar-refractivity contribution in [2.45, 2.75) is 0 Å². The quantitative estimate of drug-likeness (QED) is 0.199. The molecule has 7 nitrogen and oxygen atoms in total. The zero-order valence-corrected chi connectivity index (χ0v) is 19.4. The molecule has 0 aliphatic heterocycles. The Morgan fingerprint density at radius 1 is 0.735 bits per heavy atom. The van der Waals surface area contributed by atoms with Crippen LogP contribution in [-0.4, -0.2) is 23.9 Å². The van der Waals surface area contributed by atoms with E-state index in [0.29, 0.717) is 5.69 Å². The SMILES string of the molecule is O=C(NN=Cc1cccc2ccccc12)C(=O)Nc1ccccc1C(=O)Nc1ccc(Br)cc1. The number of hydrazone groups is 1. The summed E-state index contributed by atoms with van der Waals surface area (Å²) in [6.07, 6.45) is 1.48. The van der Waals surface area contributed by atoms with E-state index in [2.05, 4.69) is 37.1 Å². The number of rotatable bonds is 5. The van der Waals surface area contributed by atoms with Gasteiger partial charge >= 0.3 is 11.8 Å². The summed E-state index contributed by atoms with van der Waals surface area (Å²) in [5, 5.41) is 11.1. The average Bonchev–Trinajstić information content (AvgIpc) is 2.85. The number of hydrogen-bond acceptors (Lipinski definition) is 4. The highest BCUT2D eigenvalue weighted by Gasteiger charge is 2.17. The topological polar surface area (TPSA) is 99.7 Å². The maximum atomic E-state index is 12.7. The maximum Gasteiger partial charge on any atom is 0.329 e. The molecule has 0 aliphatic rings. The summed E-state index contributed by atoms with van der Waals surface area (Å²) in [5.74, 6) is -2.33. The van der Waals surface area contributed by atoms with Crippen LogP contribution in [0.25, 0.3) is 10.8 Å². The summed E-state index contributed by atoms with van der Waals surface area (Å²) in [7, 11) is 0. The molecule has 0 saturated carbocycles. The van der Waals surface area contributed by atoms with Crippen LogP contribution in [0.15, 0.2) is 101 Å². The van der Waals surface area contributed by atoms with Crippen molar-refractivity contribution in [2.24, 2.45) is 5.10 Å². The van der Waals surface area contributed by atoms with Crippen molar-refractivity contribution in [3.05, 3.63) is 107 Å². The van der Waals surface area contributed by atoms with Crippen LogP contribution < -0.4 is 16.1 Å². The van der Waals surface area contributed by atoms with Gasteiger partial charge in [-0.3, -0.25) is 14.4 Å². The summed E-state index contributed by atoms with van der Waals surface area (Å²) in [4.78, 5) is 37.4. The van der Waals surface area contributed by atoms with Crippen LogP contribution in [0.3, 0.4) is 0 Å². The lowest BCUT2D eigenvalue weighted by atomic mass is 10.1. The van der Waals surface area contributed by atoms with Crippen molar-refractivity contribution in [3.63, 3.8) is 0 Å². The number of amides is 3. The van der Waals surface area contributed by atoms with Gasteiger partial charge in [-0.05, 0) is 47.2 Å². The maximum absolute atomic E-state index is 12.7. The van der Waals surface area contributed by atoms with Crippen molar-refractivity contribution in [2.75, 3.05) is 10.6 Å². The second kappa shape index (κ2) is 10.5. The van der Waals surface area contributed by atoms with E-state index in [4.69, 9.17) is 0 Å². The molecule has 0 aromatic heterocycles. The predicted octanol–water partition coefficient (Wildman–Crippen LogP) is 4.94. The molecule has 4 aromatic rings. The molecule has 0 fully saturated rings. The Labute approximate surface area is 204 Å². The van der Waals surface area contributed by atoms with Crippen LogP contribution in [0.2, 0.25) is 0 Å². The molecule has 8 heteroatoms. The minimum Gasteiger partial charge on any atom is -0.322 e. The van der Waals surface area contributed by atoms with Crippen LogP contribution in [-0.2, 0) is 9.59 Å². The smallest absolute Gasteiger partial charge is 0.322 e. The van der Waals surface area contributed by atoms with Crippen molar-refractivity contribution in [3.8, 4) is 0 Å². The van der Waals surface area contributed by atoms with Gasteiger partial charge in [0.2, 0.25) is 0 Å². The number of carbonyl (C=O) groups is 3. The number of carbonyl (C=O) groups excluding carboxylic acids is 3. The summed E-state index contributed by atoms with van der Waals surface area (Å²) in [5.41, 5.74) is 4.03. The first-order chi connectivity index (χ1) is 16.5. The van der Waals surface area contributed by atoms with Gasteiger partial charge in [0, 0.05) is 15.7 Å². The number of benzene rings is 4. The number of fused-ring (bicyclic) bond motifs is 1. The van der Waals surface area contributed by atoms with Gasteiger partial charge < -0.3 is 10.6 Å². The van der Waals surface area contributed by atoms with E-state index in [-0.39, 0.29) is 11.3 Å². The molecule has 4 rings (SSSR count). The number of nitrogens with zero attached hydrogens (tertiary/aromatic N) is 1. The number of hydrogen-bond donors (Lipinski definition) is 3. The molecule has 0 bridgehead atoms. The van der Waals surface area contributed by atoms with Gasteiger partial charge in [-0.25, -0.2) is 5.43 Å². The average molecular weight is 515 g/mol. The van der Waals surface area contributed by atoms with Gasteiger partial charge in [0.15, 0.2) is 0 Å². The summed E-state index contributed by atoms with van der Waals surface area (Å²) >= 11 is 3.34. The Kier molecular flexibility index (Phi) is 7.10. The first-order valence-corrected chi connectivity index (χ1v) is 11.1. The molecule has 3 N–H and O–H groups in total. The Hall–Kier alpha value is -4.30. The van der Waals surface area contributed by atoms with Crippen LogP contribution in [0.5, 0.6) is 0 Å². The highest BCUT2D eigenvalue weighted by atomic mass is 79.9. The molecule has 0 atom stereocenters. The fourth-order valence-corrected chi connectivity index (χ4v) is 3.54. The first-order valence-electron chi connectivity index (χ1n) is 10.3. The minimum atomic E-state index is -0.959. The zero-order chi connectivity index (χ0) is 23.9. The normalized spacial score (nSPS) is 10.7. The van der Waals surface area contributed by atoms with Gasteiger partial charge in [0.1, 0.15) is 0 Å². The van der Waals surface area contributed by atoms with Crippen molar-refractivity contribution < 1.29 is 14.4 Å². The summed E-state index contributed by atoms with van der Waals surface area (Å²) in [6, 6.07) is 27.0. The molecule has 34 heavy (non-hydrogen) atoms. The molecular weight excluding hydrogens is 496 g/mol. The molecule has 4 aromatic carbocycles. The number of nitrogens with one attached hydrogen (secondary N) is 3. The van der Waals surface area contributed by atoms with E-state index in [1.807, 2.05) is 42.5 Å². The van der Waals surface area contributed by atoms with Gasteiger partial charge in [-0.1, -0.05) is 70.5 Å². The highest BCUT2D eigenvalue weighted by molar-refractivity contribution is 9.10. The molecule has 0 heterocycles. The molecule has 0 radical (unpaired) electrons. The molecule has 3 amide bonds. The van der Waals surface area contributed by atoms with Crippen LogP contribution in [0.4, 0.5) is 11.4 Å². The lowest BCUT2D eigenvalue weighted by Crippen LogP contribution is -2.33. The highest BCUT2D eigenvalue weighted by Crippen LogP contribution is 2.19. The fraction of sp³-hybridized carbons (Fsp3) is 0. The van der Waals surface area contributed by atoms with Crippen LogP contribution >= 0.6 is 15.9 Å². The summed E-state index contributed by atoms with van der Waals surface area (Å²) < 4.78 is 0.882. The second-order valence-electron chi connectivity index (χ2n) is 7.23. The minimum absolute atomic E-state index is 0.204. The van der Waals surface area contributed by atoms with E-state index < -0.39 is 17.7 Å². The lowest BCUT2D eigenvalue weighted by Gasteiger charge is -2.11. The monoisotopic (exact) mass is 514 g/mol. The molecule has 0 aliphatic carbocycles. The summed E-state index contributed by atoms with van der Waals surface area (Å²) in [6.45, 7) is 0. The first kappa shape index (κ1) is 22.9. The van der Waals surface area contributed by atoms with E-state index >= 15 is 0 Å². The third-order valence-corrected chi connectivity index (χ3v) is 5.45. The predicted molar refractivity (Wildman–Crippen MR) is 137 cm³/mol. The lowest BCUT2D eigenvalue weighted by molar-refractivity contribution is -0.136. The van der Waals surface area contributed by atoms with E-state index in [0.717, 1.165) is 20.8 Å². The van der Waals surface area contributed by atoms with Crippen molar-refractivity contribution in [1.82, 2.24) is 5.43 Å². The van der Waals surface area contributed by atoms with E-state index in [9.17, 15) is 14.4 Å². The fourth-order valence-electron chi connectivity index (χ4n) is 3.28. The number of anilines is 2. The Balaban J connectivity index is 1.41. The van der Waals surface area contributed by atoms with Gasteiger partial charge in [-0.2, -0.15) is 5.10 Å². The van der Waals surface area contributed by atoms with Gasteiger partial charge in [0.05, 0.1) is 17.5 Å². The Morgan fingerprint density at radius 3 is 2.26 bits per heavy atom. The molecular formula is C26H19BrN4O3. The Morgan fingerprint density at radius 2 is 1.44 bits per heavy atom. The molecule has 0 unspecified atom stereocenters. The molecule has 0 saturated heterocycles. The zero-order valence-electron chi connectivity index (χ0n) is 17.8. The van der Waals surface area contributed by atoms with Crippen molar-refractivity contribution >= 4 is 62.0 Å². The third-order valence-electron chi connectivity index (χ3n) is 4.92. The second-order valence-corrected chi connectivity index (χ2v) is 8.14. The van der Waals surface area contributed by atoms with Crippen LogP contribution in [0.1, 0.15) is 15.9 Å². The van der Waals surface area contributed by atoms with Crippen molar-refractivity contribution in [1.29, 1.82) is 0 Å². The molecule has 168 valence electrons. The van der Waals surface area contributed by atoms with E-state index in [1.54, 1.807) is 48.5 Å². The largest absolute Gasteiger partial charge is 0.329 e.